The molecule has 0 aliphatic heterocycles. The molecule has 11 heteroatoms. The van der Waals surface area contributed by atoms with Gasteiger partial charge in [0.1, 0.15) is 0 Å². The normalized spacial score (nSPS) is 15.6. The van der Waals surface area contributed by atoms with E-state index in [0.717, 1.165) is 0 Å². The fourth-order valence-corrected chi connectivity index (χ4v) is 1.04. The molecule has 0 aromatic carbocycles. The van der Waals surface area contributed by atoms with Crippen molar-refractivity contribution < 1.29 is 49.4 Å². The van der Waals surface area contributed by atoms with Crippen molar-refractivity contribution in [3.8, 4) is 0 Å². The third-order valence-electron chi connectivity index (χ3n) is 1.95. The molecule has 0 rings (SSSR count). The molecule has 0 aromatic rings. The van der Waals surface area contributed by atoms with Crippen molar-refractivity contribution in [2.24, 2.45) is 0 Å². The van der Waals surface area contributed by atoms with E-state index in [1.165, 1.54) is 0 Å². The van der Waals surface area contributed by atoms with Crippen LogP contribution in [-0.4, -0.2) is 44.1 Å². The van der Waals surface area contributed by atoms with Gasteiger partial charge in [0.25, 0.3) is 0 Å². The summed E-state index contributed by atoms with van der Waals surface area (Å²) < 4.78 is 104. The average molecular weight is 318 g/mol. The Kier molecular flexibility index (Phi) is 7.00. The molecule has 2 atom stereocenters. The lowest BCUT2D eigenvalue weighted by Gasteiger charge is -2.22. The van der Waals surface area contributed by atoms with Gasteiger partial charge in [-0.2, -0.15) is 26.3 Å². The second kappa shape index (κ2) is 7.48. The monoisotopic (exact) mass is 318 g/mol. The van der Waals surface area contributed by atoms with Crippen LogP contribution in [0.15, 0.2) is 0 Å². The van der Waals surface area contributed by atoms with Crippen molar-refractivity contribution in [1.29, 1.82) is 0 Å². The highest BCUT2D eigenvalue weighted by Gasteiger charge is 2.46. The fourth-order valence-electron chi connectivity index (χ4n) is 1.04. The maximum absolute atomic E-state index is 12.2. The van der Waals surface area contributed by atoms with Crippen LogP contribution in [0.25, 0.3) is 0 Å². The maximum Gasteiger partial charge on any atom is 0.509 e. The Hall–Kier alpha value is -1.29. The summed E-state index contributed by atoms with van der Waals surface area (Å²) in [5, 5.41) is 0. The van der Waals surface area contributed by atoms with Crippen LogP contribution < -0.4 is 0 Å². The number of carbonyl (C=O) groups is 1. The molecular weight excluding hydrogens is 308 g/mol. The first-order chi connectivity index (χ1) is 9.02. The van der Waals surface area contributed by atoms with Gasteiger partial charge in [-0.05, 0) is 0 Å². The minimum Gasteiger partial charge on any atom is -0.421 e. The van der Waals surface area contributed by atoms with Crippen molar-refractivity contribution in [3.63, 3.8) is 0 Å². The average Bonchev–Trinajstić information content (AvgIpc) is 2.25. The summed E-state index contributed by atoms with van der Waals surface area (Å²) in [6.07, 6.45) is -21.0. The van der Waals surface area contributed by atoms with Crippen molar-refractivity contribution in [1.82, 2.24) is 0 Å². The number of hydrogen-bond donors (Lipinski definition) is 0. The van der Waals surface area contributed by atoms with Crippen LogP contribution >= 0.6 is 0 Å². The molecule has 120 valence electrons. The molecule has 0 aliphatic carbocycles. The number of carbonyl (C=O) groups excluding carboxylic acids is 1. The Balaban J connectivity index is 4.65. The third kappa shape index (κ3) is 6.75. The summed E-state index contributed by atoms with van der Waals surface area (Å²) >= 11 is 0. The van der Waals surface area contributed by atoms with Crippen LogP contribution in [0.2, 0.25) is 0 Å². The number of halogens is 8. The summed E-state index contributed by atoms with van der Waals surface area (Å²) in [6.45, 7) is -3.02. The van der Waals surface area contributed by atoms with E-state index >= 15 is 0 Å². The minimum atomic E-state index is -5.15. The number of alkyl halides is 8. The number of ether oxygens (including phenoxy) is 2. The zero-order valence-corrected chi connectivity index (χ0v) is 9.73. The van der Waals surface area contributed by atoms with E-state index in [1.807, 2.05) is 0 Å². The first-order valence-electron chi connectivity index (χ1n) is 5.15. The van der Waals surface area contributed by atoms with E-state index in [0.29, 0.717) is 0 Å². The predicted octanol–water partition coefficient (Wildman–Crippen LogP) is 3.72. The van der Waals surface area contributed by atoms with Gasteiger partial charge in [-0.3, -0.25) is 8.78 Å². The summed E-state index contributed by atoms with van der Waals surface area (Å²) in [6, 6.07) is 0. The van der Waals surface area contributed by atoms with Gasteiger partial charge in [0.05, 0.1) is 13.3 Å². The summed E-state index contributed by atoms with van der Waals surface area (Å²) in [4.78, 5) is 10.8. The van der Waals surface area contributed by atoms with Crippen molar-refractivity contribution in [2.45, 2.75) is 37.4 Å². The first kappa shape index (κ1) is 18.7. The lowest BCUT2D eigenvalue weighted by Crippen LogP contribution is -2.39. The van der Waals surface area contributed by atoms with Gasteiger partial charge in [-0.1, -0.05) is 0 Å². The Morgan fingerprint density at radius 3 is 1.30 bits per heavy atom. The lowest BCUT2D eigenvalue weighted by atomic mass is 10.2. The van der Waals surface area contributed by atoms with Gasteiger partial charge in [0, 0.05) is 12.8 Å². The Morgan fingerprint density at radius 2 is 1.10 bits per heavy atom. The summed E-state index contributed by atoms with van der Waals surface area (Å²) in [5.74, 6) is 0. The van der Waals surface area contributed by atoms with E-state index < -0.39 is 56.9 Å². The third-order valence-corrected chi connectivity index (χ3v) is 1.95. The molecule has 20 heavy (non-hydrogen) atoms. The van der Waals surface area contributed by atoms with Crippen molar-refractivity contribution >= 4 is 6.16 Å². The second-order valence-corrected chi connectivity index (χ2v) is 3.50. The van der Waals surface area contributed by atoms with E-state index in [4.69, 9.17) is 0 Å². The SMILES string of the molecule is O=C(OC(CCF)C(F)(F)F)OC(CCF)C(F)(F)F. The van der Waals surface area contributed by atoms with Crippen LogP contribution in [0.4, 0.5) is 39.9 Å². The fraction of sp³-hybridized carbons (Fsp3) is 0.889. The first-order valence-corrected chi connectivity index (χ1v) is 5.15. The molecular formula is C9H10F8O3. The molecule has 0 fully saturated rings. The van der Waals surface area contributed by atoms with Crippen LogP contribution in [0.3, 0.4) is 0 Å². The number of hydrogen-bond acceptors (Lipinski definition) is 3. The highest BCUT2D eigenvalue weighted by Crippen LogP contribution is 2.28. The van der Waals surface area contributed by atoms with Crippen molar-refractivity contribution in [3.05, 3.63) is 0 Å². The lowest BCUT2D eigenvalue weighted by molar-refractivity contribution is -0.232. The molecule has 0 aromatic heterocycles. The quantitative estimate of drug-likeness (QED) is 0.553. The van der Waals surface area contributed by atoms with Gasteiger partial charge in [0.15, 0.2) is 0 Å². The van der Waals surface area contributed by atoms with Crippen LogP contribution in [0.5, 0.6) is 0 Å². The predicted molar refractivity (Wildman–Crippen MR) is 48.4 cm³/mol. The van der Waals surface area contributed by atoms with Crippen LogP contribution in [0, 0.1) is 0 Å². The van der Waals surface area contributed by atoms with E-state index in [9.17, 15) is 39.9 Å². The highest BCUT2D eigenvalue weighted by atomic mass is 19.4. The second-order valence-electron chi connectivity index (χ2n) is 3.50. The summed E-state index contributed by atoms with van der Waals surface area (Å²) in [5.41, 5.74) is 0. The molecule has 0 amide bonds. The topological polar surface area (TPSA) is 35.5 Å². The Labute approximate surface area is 107 Å². The zero-order valence-electron chi connectivity index (χ0n) is 9.73. The highest BCUT2D eigenvalue weighted by molar-refractivity contribution is 5.60. The van der Waals surface area contributed by atoms with Crippen LogP contribution in [0.1, 0.15) is 12.8 Å². The summed E-state index contributed by atoms with van der Waals surface area (Å²) in [7, 11) is 0. The molecule has 0 spiro atoms. The largest absolute Gasteiger partial charge is 0.509 e. The molecule has 0 N–H and O–H groups in total. The molecule has 0 saturated carbocycles. The van der Waals surface area contributed by atoms with Crippen molar-refractivity contribution in [2.75, 3.05) is 13.3 Å². The minimum absolute atomic E-state index is 1.28. The van der Waals surface area contributed by atoms with Gasteiger partial charge >= 0.3 is 18.5 Å². The van der Waals surface area contributed by atoms with E-state index in [1.54, 1.807) is 0 Å². The van der Waals surface area contributed by atoms with Gasteiger partial charge in [-0.25, -0.2) is 4.79 Å². The Morgan fingerprint density at radius 1 is 0.800 bits per heavy atom. The molecule has 0 aliphatic rings. The van der Waals surface area contributed by atoms with Gasteiger partial charge < -0.3 is 9.47 Å². The maximum atomic E-state index is 12.2. The molecule has 3 nitrogen and oxygen atoms in total. The molecule has 0 heterocycles. The molecule has 0 bridgehead atoms. The molecule has 2 unspecified atom stereocenters. The smallest absolute Gasteiger partial charge is 0.421 e. The van der Waals surface area contributed by atoms with Gasteiger partial charge in [-0.15, -0.1) is 0 Å². The number of rotatable bonds is 6. The molecule has 0 saturated heterocycles. The van der Waals surface area contributed by atoms with Gasteiger partial charge in [0.2, 0.25) is 12.2 Å². The zero-order chi connectivity index (χ0) is 16.0. The molecule has 0 radical (unpaired) electrons. The standard InChI is InChI=1S/C9H10F8O3/c10-3-1-5(8(12,13)14)19-7(18)20-6(2-4-11)9(15,16)17/h5-6H,1-4H2. The van der Waals surface area contributed by atoms with Crippen LogP contribution in [-0.2, 0) is 9.47 Å². The van der Waals surface area contributed by atoms with E-state index in [2.05, 4.69) is 9.47 Å². The van der Waals surface area contributed by atoms with E-state index in [-0.39, 0.29) is 0 Å². The Bertz CT molecular complexity index is 273.